The lowest BCUT2D eigenvalue weighted by molar-refractivity contribution is -0.277. The number of aliphatic carboxylic acids is 1. The summed E-state index contributed by atoms with van der Waals surface area (Å²) in [5.41, 5.74) is 0.834. The quantitative estimate of drug-likeness (QED) is 0.0133. The van der Waals surface area contributed by atoms with E-state index >= 15 is 4.79 Å². The first-order chi connectivity index (χ1) is 52.5. The van der Waals surface area contributed by atoms with Crippen LogP contribution in [-0.4, -0.2) is 119 Å². The van der Waals surface area contributed by atoms with Crippen LogP contribution in [0.2, 0.25) is 0 Å². The maximum Gasteiger partial charge on any atom is 0.470 e. The fourth-order valence-electron chi connectivity index (χ4n) is 14.3. The molecule has 628 valence electrons. The number of phosphoric ester groups is 1. The Labute approximate surface area is 655 Å². The normalized spacial score (nSPS) is 16.8. The third kappa shape index (κ3) is 57.1. The Morgan fingerprint density at radius 3 is 1.20 bits per heavy atom. The molecule has 108 heavy (non-hydrogen) atoms. The highest BCUT2D eigenvalue weighted by Gasteiger charge is 2.53. The Bertz CT molecular complexity index is 2380. The van der Waals surface area contributed by atoms with E-state index in [9.17, 15) is 43.4 Å². The van der Waals surface area contributed by atoms with Crippen molar-refractivity contribution in [3.63, 3.8) is 0 Å². The molecular weight excluding hydrogens is 1390 g/mol. The molecule has 1 aromatic rings. The smallest absolute Gasteiger partial charge is 0.470 e. The molecular formula is C87H157N2O18P. The maximum absolute atomic E-state index is 15.1. The van der Waals surface area contributed by atoms with Crippen LogP contribution in [0.4, 0.5) is 0 Å². The molecule has 5 N–H and O–H groups in total. The van der Waals surface area contributed by atoms with E-state index in [0.717, 1.165) is 160 Å². The molecule has 1 aromatic carbocycles. The first-order valence-corrected chi connectivity index (χ1v) is 45.7. The summed E-state index contributed by atoms with van der Waals surface area (Å²) in [5.74, 6) is -4.57. The summed E-state index contributed by atoms with van der Waals surface area (Å²) < 4.78 is 62.3. The largest absolute Gasteiger partial charge is 0.480 e. The number of carbonyl (C=O) groups excluding carboxylic acids is 5. The van der Waals surface area contributed by atoms with Crippen LogP contribution in [0.3, 0.4) is 0 Å². The maximum atomic E-state index is 15.1. The van der Waals surface area contributed by atoms with Gasteiger partial charge in [0.05, 0.1) is 32.7 Å². The van der Waals surface area contributed by atoms with E-state index in [1.165, 1.54) is 141 Å². The molecule has 0 aliphatic carbocycles. The topological polar surface area (TPSA) is 278 Å². The van der Waals surface area contributed by atoms with Crippen molar-refractivity contribution < 1.29 is 85.9 Å². The predicted octanol–water partition coefficient (Wildman–Crippen LogP) is 21.9. The van der Waals surface area contributed by atoms with E-state index in [0.29, 0.717) is 44.9 Å². The summed E-state index contributed by atoms with van der Waals surface area (Å²) in [6.07, 6.45) is 45.7. The van der Waals surface area contributed by atoms with E-state index < -0.39 is 112 Å². The number of hydrogen-bond acceptors (Lipinski definition) is 15. The molecule has 21 heteroatoms. The number of amides is 2. The molecule has 20 nitrogen and oxygen atoms in total. The van der Waals surface area contributed by atoms with Gasteiger partial charge in [-0.1, -0.05) is 360 Å². The number of carbonyl (C=O) groups is 6. The lowest BCUT2D eigenvalue weighted by atomic mass is 9.95. The monoisotopic (exact) mass is 1550 g/mol. The van der Waals surface area contributed by atoms with Crippen molar-refractivity contribution in [3.05, 3.63) is 35.9 Å². The van der Waals surface area contributed by atoms with Crippen molar-refractivity contribution in [1.29, 1.82) is 0 Å². The van der Waals surface area contributed by atoms with E-state index in [-0.39, 0.29) is 39.1 Å². The fourth-order valence-corrected chi connectivity index (χ4v) is 14.8. The van der Waals surface area contributed by atoms with E-state index in [1.54, 1.807) is 0 Å². The van der Waals surface area contributed by atoms with Gasteiger partial charge in [0.1, 0.15) is 37.3 Å². The van der Waals surface area contributed by atoms with Crippen LogP contribution >= 0.6 is 7.82 Å². The zero-order chi connectivity index (χ0) is 78.6. The molecule has 2 rings (SSSR count). The molecule has 1 fully saturated rings. The molecule has 0 aromatic heterocycles. The van der Waals surface area contributed by atoms with Crippen molar-refractivity contribution in [2.24, 2.45) is 0 Å². The third-order valence-electron chi connectivity index (χ3n) is 20.8. The number of rotatable bonds is 77. The number of benzene rings is 1. The average molecular weight is 1550 g/mol. The van der Waals surface area contributed by atoms with Gasteiger partial charge in [-0.2, -0.15) is 0 Å². The molecule has 2 amide bonds. The zero-order valence-electron chi connectivity index (χ0n) is 68.8. The Kier molecular flexibility index (Phi) is 64.6. The molecule has 0 spiro atoms. The molecule has 1 saturated heterocycles. The lowest BCUT2D eigenvalue weighted by Gasteiger charge is -2.45. The van der Waals surface area contributed by atoms with Crippen LogP contribution in [0.5, 0.6) is 0 Å². The van der Waals surface area contributed by atoms with Crippen molar-refractivity contribution in [2.45, 2.75) is 463 Å². The second-order valence-corrected chi connectivity index (χ2v) is 32.2. The van der Waals surface area contributed by atoms with Crippen LogP contribution in [0.25, 0.3) is 0 Å². The highest BCUT2D eigenvalue weighted by molar-refractivity contribution is 7.46. The second kappa shape index (κ2) is 69.7. The number of esters is 3. The number of carboxylic acids is 1. The highest BCUT2D eigenvalue weighted by atomic mass is 31.2. The standard InChI is InChI=1S/C87H157N2O18P/c1-6-11-16-21-26-31-34-39-44-49-57-64-78(90)88-76(86(95)96)70-102-87-83(89-79(91)67-74(62-55-47-42-37-29-24-19-14-9-4)103-80(92)65-58-50-45-40-35-32-27-22-17-12-7-2)85(84(107-108(97,98)99)77(105-87)71-101-72-100-69-73-60-53-52-54-61-73)106-82(94)68-75(63-56-48-43-38-30-25-20-15-10-5)104-81(93)66-59-51-46-41-36-33-28-23-18-13-8-3/h52-54,60-61,74-77,83-85,87H,6-51,55-59,62-72H2,1-5H3,(H,88,90)(H,89,91)(H,95,96)(H2,97,98,99)/t74-,75-,76+,77-,83-,84-,85-,87-/m1/s1. The third-order valence-corrected chi connectivity index (χ3v) is 21.3. The summed E-state index contributed by atoms with van der Waals surface area (Å²) in [7, 11) is -5.56. The molecule has 0 radical (unpaired) electrons. The lowest BCUT2D eigenvalue weighted by Crippen LogP contribution is -2.67. The molecule has 1 aliphatic rings. The van der Waals surface area contributed by atoms with Crippen molar-refractivity contribution in [3.8, 4) is 0 Å². The minimum absolute atomic E-state index is 0.0590. The first kappa shape index (κ1) is 100. The summed E-state index contributed by atoms with van der Waals surface area (Å²) >= 11 is 0. The predicted molar refractivity (Wildman–Crippen MR) is 431 cm³/mol. The van der Waals surface area contributed by atoms with Gasteiger partial charge in [0.15, 0.2) is 18.4 Å². The van der Waals surface area contributed by atoms with Crippen molar-refractivity contribution in [2.75, 3.05) is 20.0 Å². The van der Waals surface area contributed by atoms with Crippen molar-refractivity contribution >= 4 is 43.5 Å². The number of unbranched alkanes of at least 4 members (excludes halogenated alkanes) is 46. The molecule has 8 atom stereocenters. The highest BCUT2D eigenvalue weighted by Crippen LogP contribution is 2.43. The van der Waals surface area contributed by atoms with Gasteiger partial charge in [-0.15, -0.1) is 0 Å². The van der Waals surface area contributed by atoms with E-state index in [2.05, 4.69) is 45.3 Å². The number of phosphoric acid groups is 1. The SMILES string of the molecule is CCCCCCCCCCCCCC(=O)N[C@@H](CO[C@@H]1O[C@H](COCOCc2ccccc2)[C@@H](OP(=O)(O)O)[C@H](OC(=O)C[C@@H](CCCCCCCCCCC)OC(=O)CCCCCCCCCCCCC)[C@H]1NC(=O)C[C@@H](CCCCCCCCCCC)OC(=O)CCCCCCCCCCCCC)C(=O)O. The summed E-state index contributed by atoms with van der Waals surface area (Å²) in [4.78, 5) is 106. The number of carboxylic acid groups (broad SMARTS) is 1. The molecule has 0 saturated carbocycles. The molecule has 1 aliphatic heterocycles. The minimum Gasteiger partial charge on any atom is -0.480 e. The Hall–Kier alpha value is -4.01. The van der Waals surface area contributed by atoms with Gasteiger partial charge in [0, 0.05) is 19.3 Å². The van der Waals surface area contributed by atoms with Crippen LogP contribution in [0.1, 0.15) is 413 Å². The number of nitrogens with one attached hydrogen (secondary N) is 2. The summed E-state index contributed by atoms with van der Waals surface area (Å²) in [6.45, 7) is 9.52. The minimum atomic E-state index is -5.56. The van der Waals surface area contributed by atoms with Gasteiger partial charge >= 0.3 is 31.7 Å². The molecule has 1 heterocycles. The zero-order valence-corrected chi connectivity index (χ0v) is 69.7. The molecule has 0 bridgehead atoms. The first-order valence-electron chi connectivity index (χ1n) is 44.1. The van der Waals surface area contributed by atoms with Crippen molar-refractivity contribution in [1.82, 2.24) is 10.6 Å². The Balaban J connectivity index is 2.66. The van der Waals surface area contributed by atoms with Crippen LogP contribution in [0, 0.1) is 0 Å². The number of ether oxygens (including phenoxy) is 7. The van der Waals surface area contributed by atoms with Gasteiger partial charge in [0.2, 0.25) is 11.8 Å². The summed E-state index contributed by atoms with van der Waals surface area (Å²) in [5, 5.41) is 16.1. The van der Waals surface area contributed by atoms with Crippen LogP contribution < -0.4 is 10.6 Å². The fraction of sp³-hybridized carbons (Fsp3) is 0.862. The average Bonchev–Trinajstić information content (AvgIpc) is 0.779. The van der Waals surface area contributed by atoms with E-state index in [4.69, 9.17) is 37.7 Å². The Morgan fingerprint density at radius 2 is 0.815 bits per heavy atom. The van der Waals surface area contributed by atoms with Gasteiger partial charge < -0.3 is 58.7 Å². The van der Waals surface area contributed by atoms with Gasteiger partial charge in [-0.25, -0.2) is 9.36 Å². The van der Waals surface area contributed by atoms with Gasteiger partial charge in [-0.05, 0) is 50.5 Å². The summed E-state index contributed by atoms with van der Waals surface area (Å²) in [6, 6.07) is 5.92. The Morgan fingerprint density at radius 1 is 0.444 bits per heavy atom. The number of hydrogen-bond donors (Lipinski definition) is 5. The van der Waals surface area contributed by atoms with Crippen LogP contribution in [-0.2, 0) is 77.6 Å². The van der Waals surface area contributed by atoms with E-state index in [1.807, 2.05) is 30.3 Å². The van der Waals surface area contributed by atoms with Crippen LogP contribution in [0.15, 0.2) is 30.3 Å². The second-order valence-electron chi connectivity index (χ2n) is 31.0. The molecule has 0 unspecified atom stereocenters. The van der Waals surface area contributed by atoms with Gasteiger partial charge in [-0.3, -0.25) is 28.5 Å². The van der Waals surface area contributed by atoms with Gasteiger partial charge in [0.25, 0.3) is 0 Å².